The molecular formula is C9H11Cl3OSi. The van der Waals surface area contributed by atoms with Gasteiger partial charge in [-0.3, -0.25) is 0 Å². The molecule has 0 spiro atoms. The van der Waals surface area contributed by atoms with Gasteiger partial charge in [-0.2, -0.15) is 0 Å². The van der Waals surface area contributed by atoms with Crippen molar-refractivity contribution in [3.8, 4) is 5.75 Å². The maximum atomic E-state index is 5.93. The van der Waals surface area contributed by atoms with E-state index in [4.69, 9.17) is 38.0 Å². The van der Waals surface area contributed by atoms with Gasteiger partial charge in [0, 0.05) is 5.19 Å². The number of rotatable bonds is 4. The minimum Gasteiger partial charge on any atom is -0.494 e. The van der Waals surface area contributed by atoms with Crippen LogP contribution >= 0.6 is 33.2 Å². The molecule has 0 unspecified atom stereocenters. The lowest BCUT2D eigenvalue weighted by Gasteiger charge is -2.14. The summed E-state index contributed by atoms with van der Waals surface area (Å²) in [5.41, 5.74) is 0. The summed E-state index contributed by atoms with van der Waals surface area (Å²) in [7, 11) is 0. The van der Waals surface area contributed by atoms with Gasteiger partial charge in [-0.25, -0.2) is 0 Å². The summed E-state index contributed by atoms with van der Waals surface area (Å²) in [5.74, 6) is 0.695. The Morgan fingerprint density at radius 2 is 1.86 bits per heavy atom. The second kappa shape index (κ2) is 5.26. The lowest BCUT2D eigenvalue weighted by atomic mass is 10.3. The van der Waals surface area contributed by atoms with Gasteiger partial charge in [-0.15, -0.1) is 33.2 Å². The molecule has 0 aliphatic rings. The predicted octanol–water partition coefficient (Wildman–Crippen LogP) is 3.34. The zero-order chi connectivity index (χ0) is 10.6. The van der Waals surface area contributed by atoms with E-state index in [1.54, 1.807) is 0 Å². The third kappa shape index (κ3) is 3.35. The molecule has 0 N–H and O–H groups in total. The molecule has 0 atom stereocenters. The first kappa shape index (κ1) is 12.2. The van der Waals surface area contributed by atoms with Crippen molar-refractivity contribution in [2.24, 2.45) is 0 Å². The number of halogens is 3. The fourth-order valence-electron chi connectivity index (χ4n) is 1.04. The molecule has 0 amide bonds. The lowest BCUT2D eigenvalue weighted by molar-refractivity contribution is 0.320. The van der Waals surface area contributed by atoms with E-state index in [-0.39, 0.29) is 0 Å². The monoisotopic (exact) mass is 268 g/mol. The highest BCUT2D eigenvalue weighted by Crippen LogP contribution is 2.24. The van der Waals surface area contributed by atoms with E-state index in [0.29, 0.717) is 12.4 Å². The van der Waals surface area contributed by atoms with E-state index in [0.717, 1.165) is 11.6 Å². The Labute approximate surface area is 99.0 Å². The zero-order valence-corrected chi connectivity index (χ0v) is 11.0. The van der Waals surface area contributed by atoms with Crippen molar-refractivity contribution in [1.82, 2.24) is 0 Å². The van der Waals surface area contributed by atoms with Gasteiger partial charge in [0.25, 0.3) is 0 Å². The van der Waals surface area contributed by atoms with Crippen molar-refractivity contribution in [2.45, 2.75) is 13.3 Å². The van der Waals surface area contributed by atoms with Crippen LogP contribution in [0.1, 0.15) is 13.3 Å². The molecule has 0 aliphatic heterocycles. The van der Waals surface area contributed by atoms with Gasteiger partial charge in [0.1, 0.15) is 5.75 Å². The van der Waals surface area contributed by atoms with Crippen LogP contribution in [0.3, 0.4) is 0 Å². The van der Waals surface area contributed by atoms with Crippen molar-refractivity contribution in [2.75, 3.05) is 6.61 Å². The molecule has 1 aromatic carbocycles. The van der Waals surface area contributed by atoms with Crippen LogP contribution in [0.5, 0.6) is 5.75 Å². The maximum absolute atomic E-state index is 5.93. The van der Waals surface area contributed by atoms with Gasteiger partial charge in [0.05, 0.1) is 6.61 Å². The molecule has 1 aromatic rings. The van der Waals surface area contributed by atoms with Crippen LogP contribution in [0, 0.1) is 0 Å². The first-order valence-corrected chi connectivity index (χ1v) is 9.38. The quantitative estimate of drug-likeness (QED) is 0.602. The number of ether oxygens (including phenoxy) is 1. The molecule has 0 aromatic heterocycles. The highest BCUT2D eigenvalue weighted by Gasteiger charge is 2.31. The Bertz CT molecular complexity index is 298. The summed E-state index contributed by atoms with van der Waals surface area (Å²) >= 11 is 17.8. The van der Waals surface area contributed by atoms with Gasteiger partial charge in [0.2, 0.25) is 0 Å². The molecule has 78 valence electrons. The smallest absolute Gasteiger partial charge is 0.376 e. The number of hydrogen-bond donors (Lipinski definition) is 0. The van der Waals surface area contributed by atoms with Crippen LogP contribution in [0.25, 0.3) is 0 Å². The Morgan fingerprint density at radius 3 is 2.43 bits per heavy atom. The van der Waals surface area contributed by atoms with Crippen LogP contribution < -0.4 is 9.92 Å². The Balaban J connectivity index is 2.92. The van der Waals surface area contributed by atoms with E-state index in [9.17, 15) is 0 Å². The molecular weight excluding hydrogens is 259 g/mol. The third-order valence-corrected chi connectivity index (χ3v) is 4.51. The van der Waals surface area contributed by atoms with E-state index in [1.165, 1.54) is 0 Å². The standard InChI is InChI=1S/C9H11Cl3OSi/c1-2-7-13-8-5-3-4-6-9(8)14(10,11)12/h3-6H,2,7H2,1H3. The average Bonchev–Trinajstić information content (AvgIpc) is 2.14. The largest absolute Gasteiger partial charge is 0.494 e. The molecule has 1 nitrogen and oxygen atoms in total. The van der Waals surface area contributed by atoms with Crippen molar-refractivity contribution in [3.05, 3.63) is 24.3 Å². The number of benzene rings is 1. The number of hydrogen-bond acceptors (Lipinski definition) is 1. The highest BCUT2D eigenvalue weighted by atomic mass is 35.8. The molecule has 0 bridgehead atoms. The molecule has 0 radical (unpaired) electrons. The van der Waals surface area contributed by atoms with Crippen LogP contribution in [-0.4, -0.2) is 12.6 Å². The van der Waals surface area contributed by atoms with Gasteiger partial charge in [-0.1, -0.05) is 25.1 Å². The van der Waals surface area contributed by atoms with Crippen molar-refractivity contribution >= 4 is 44.4 Å². The lowest BCUT2D eigenvalue weighted by Crippen LogP contribution is -2.31. The van der Waals surface area contributed by atoms with E-state index < -0.39 is 6.00 Å². The summed E-state index contributed by atoms with van der Waals surface area (Å²) in [6.07, 6.45) is 0.940. The SMILES string of the molecule is CCCOc1ccccc1[Si](Cl)(Cl)Cl. The van der Waals surface area contributed by atoms with Crippen LogP contribution in [-0.2, 0) is 0 Å². The van der Waals surface area contributed by atoms with Crippen molar-refractivity contribution in [3.63, 3.8) is 0 Å². The summed E-state index contributed by atoms with van der Waals surface area (Å²) in [6.45, 7) is 2.68. The zero-order valence-electron chi connectivity index (χ0n) is 7.77. The van der Waals surface area contributed by atoms with Gasteiger partial charge in [0.15, 0.2) is 0 Å². The normalized spacial score (nSPS) is 11.4. The molecule has 0 saturated heterocycles. The molecule has 0 fully saturated rings. The second-order valence-corrected chi connectivity index (χ2v) is 11.2. The topological polar surface area (TPSA) is 9.23 Å². The Kier molecular flexibility index (Phi) is 4.58. The van der Waals surface area contributed by atoms with Gasteiger partial charge < -0.3 is 4.74 Å². The van der Waals surface area contributed by atoms with Crippen LogP contribution in [0.4, 0.5) is 0 Å². The van der Waals surface area contributed by atoms with Gasteiger partial charge in [-0.05, 0) is 12.5 Å². The van der Waals surface area contributed by atoms with E-state index in [2.05, 4.69) is 0 Å². The summed E-state index contributed by atoms with van der Waals surface area (Å²) in [6, 6.07) is 4.53. The maximum Gasteiger partial charge on any atom is 0.376 e. The Hall–Kier alpha value is 0.107. The summed E-state index contributed by atoms with van der Waals surface area (Å²) in [5, 5.41) is 0.721. The van der Waals surface area contributed by atoms with Crippen molar-refractivity contribution in [1.29, 1.82) is 0 Å². The first-order valence-electron chi connectivity index (χ1n) is 4.34. The third-order valence-electron chi connectivity index (χ3n) is 1.65. The molecule has 5 heteroatoms. The minimum absolute atomic E-state index is 0.645. The first-order chi connectivity index (χ1) is 6.55. The predicted molar refractivity (Wildman–Crippen MR) is 65.2 cm³/mol. The van der Waals surface area contributed by atoms with Crippen LogP contribution in [0.2, 0.25) is 0 Å². The highest BCUT2D eigenvalue weighted by molar-refractivity contribution is 7.69. The Morgan fingerprint density at radius 1 is 1.21 bits per heavy atom. The molecule has 1 rings (SSSR count). The van der Waals surface area contributed by atoms with Crippen LogP contribution in [0.15, 0.2) is 24.3 Å². The fourth-order valence-corrected chi connectivity index (χ4v) is 3.16. The van der Waals surface area contributed by atoms with Crippen molar-refractivity contribution < 1.29 is 4.74 Å². The van der Waals surface area contributed by atoms with E-state index in [1.807, 2.05) is 31.2 Å². The molecule has 0 saturated carbocycles. The summed E-state index contributed by atoms with van der Waals surface area (Å²) < 4.78 is 5.49. The number of para-hydroxylation sites is 1. The minimum atomic E-state index is -2.84. The molecule has 0 heterocycles. The molecule has 14 heavy (non-hydrogen) atoms. The van der Waals surface area contributed by atoms with E-state index >= 15 is 0 Å². The summed E-state index contributed by atoms with van der Waals surface area (Å²) in [4.78, 5) is 0. The fraction of sp³-hybridized carbons (Fsp3) is 0.333. The molecule has 0 aliphatic carbocycles. The van der Waals surface area contributed by atoms with Gasteiger partial charge >= 0.3 is 6.00 Å². The second-order valence-electron chi connectivity index (χ2n) is 2.84. The average molecular weight is 270 g/mol.